The maximum Gasteiger partial charge on any atom is 0.335 e. The van der Waals surface area contributed by atoms with Gasteiger partial charge in [0.15, 0.2) is 5.82 Å². The molecule has 0 saturated carbocycles. The average Bonchev–Trinajstić information content (AvgIpc) is 3.00. The fraction of sp³-hybridized carbons (Fsp3) is 0.200. The molecule has 0 radical (unpaired) electrons. The lowest BCUT2D eigenvalue weighted by Gasteiger charge is -2.18. The number of carboxylic acid groups (broad SMARTS) is 1. The Hall–Kier alpha value is -4.28. The van der Waals surface area contributed by atoms with Crippen LogP contribution in [0.1, 0.15) is 59.3 Å². The molecule has 1 N–H and O–H groups in total. The molecule has 230 valence electrons. The van der Waals surface area contributed by atoms with Crippen molar-refractivity contribution in [2.45, 2.75) is 40.2 Å². The van der Waals surface area contributed by atoms with Gasteiger partial charge in [-0.3, -0.25) is 4.79 Å². The molecule has 0 bridgehead atoms. The Kier molecular flexibility index (Phi) is 9.84. The summed E-state index contributed by atoms with van der Waals surface area (Å²) in [5.74, 6) is 0.985. The first kappa shape index (κ1) is 32.1. The molecule has 5 aromatic rings. The van der Waals surface area contributed by atoms with E-state index in [0.717, 1.165) is 28.0 Å². The van der Waals surface area contributed by atoms with E-state index in [1.54, 1.807) is 30.5 Å². The van der Waals surface area contributed by atoms with Crippen LogP contribution in [0.4, 0.5) is 0 Å². The van der Waals surface area contributed by atoms with E-state index in [-0.39, 0.29) is 23.6 Å². The first-order valence-electron chi connectivity index (χ1n) is 14.3. The zero-order valence-electron chi connectivity index (χ0n) is 25.2. The molecule has 0 saturated heterocycles. The normalized spacial score (nSPS) is 11.4. The Morgan fingerprint density at radius 3 is 2.44 bits per heavy atom. The number of nitrogens with zero attached hydrogens (tertiary/aromatic N) is 3. The van der Waals surface area contributed by atoms with Crippen LogP contribution in [0.3, 0.4) is 0 Å². The Balaban J connectivity index is 1.54. The third kappa shape index (κ3) is 7.02. The number of carbonyl (C=O) groups is 1. The van der Waals surface area contributed by atoms with Crippen molar-refractivity contribution in [1.29, 1.82) is 0 Å². The second kappa shape index (κ2) is 13.8. The topological polar surface area (TPSA) is 103 Å². The van der Waals surface area contributed by atoms with Gasteiger partial charge in [0.05, 0.1) is 38.2 Å². The number of para-hydroxylation sites is 1. The summed E-state index contributed by atoms with van der Waals surface area (Å²) in [5.41, 5.74) is 4.65. The smallest absolute Gasteiger partial charge is 0.335 e. The minimum Gasteiger partial charge on any atom is -0.494 e. The van der Waals surface area contributed by atoms with E-state index in [1.807, 2.05) is 56.3 Å². The van der Waals surface area contributed by atoms with E-state index >= 15 is 0 Å². The molecule has 0 atom stereocenters. The molecule has 4 aromatic carbocycles. The molecule has 0 aliphatic rings. The number of carboxylic acids is 1. The molecular formula is C35H31Br2N3O5. The minimum atomic E-state index is -0.996. The van der Waals surface area contributed by atoms with E-state index in [2.05, 4.69) is 50.8 Å². The summed E-state index contributed by atoms with van der Waals surface area (Å²) in [6, 6.07) is 21.5. The Morgan fingerprint density at radius 2 is 1.76 bits per heavy atom. The van der Waals surface area contributed by atoms with Crippen molar-refractivity contribution >= 4 is 54.9 Å². The second-order valence-electron chi connectivity index (χ2n) is 10.7. The number of fused-ring (bicyclic) bond motifs is 1. The second-order valence-corrected chi connectivity index (χ2v) is 12.4. The number of halogens is 2. The number of hydrogen-bond donors (Lipinski definition) is 1. The molecule has 0 spiro atoms. The molecule has 1 heterocycles. The maximum atomic E-state index is 13.8. The van der Waals surface area contributed by atoms with Crippen LogP contribution in [-0.2, 0) is 6.61 Å². The number of hydrogen-bond acceptors (Lipinski definition) is 6. The predicted molar refractivity (Wildman–Crippen MR) is 184 cm³/mol. The first-order valence-corrected chi connectivity index (χ1v) is 15.9. The van der Waals surface area contributed by atoms with E-state index < -0.39 is 5.97 Å². The molecule has 10 heteroatoms. The quantitative estimate of drug-likeness (QED) is 0.144. The number of aromatic carboxylic acids is 1. The van der Waals surface area contributed by atoms with E-state index in [0.29, 0.717) is 43.6 Å². The summed E-state index contributed by atoms with van der Waals surface area (Å²) in [7, 11) is 0. The molecule has 0 aliphatic carbocycles. The van der Waals surface area contributed by atoms with Crippen molar-refractivity contribution in [3.8, 4) is 22.9 Å². The van der Waals surface area contributed by atoms with E-state index in [9.17, 15) is 14.7 Å². The largest absolute Gasteiger partial charge is 0.494 e. The van der Waals surface area contributed by atoms with Gasteiger partial charge >= 0.3 is 5.97 Å². The van der Waals surface area contributed by atoms with Crippen LogP contribution in [0.25, 0.3) is 22.3 Å². The van der Waals surface area contributed by atoms with Crippen molar-refractivity contribution in [2.24, 2.45) is 5.10 Å². The molecule has 1 aromatic heterocycles. The van der Waals surface area contributed by atoms with E-state index in [1.165, 1.54) is 10.7 Å². The van der Waals surface area contributed by atoms with Crippen LogP contribution >= 0.6 is 31.9 Å². The van der Waals surface area contributed by atoms with Gasteiger partial charge in [0, 0.05) is 5.56 Å². The zero-order valence-corrected chi connectivity index (χ0v) is 28.3. The van der Waals surface area contributed by atoms with Gasteiger partial charge in [-0.2, -0.15) is 9.78 Å². The van der Waals surface area contributed by atoms with Gasteiger partial charge in [0.2, 0.25) is 0 Å². The van der Waals surface area contributed by atoms with Gasteiger partial charge in [-0.15, -0.1) is 0 Å². The Bertz CT molecular complexity index is 1980. The number of benzene rings is 4. The van der Waals surface area contributed by atoms with Gasteiger partial charge in [-0.05, 0) is 122 Å². The molecule has 0 fully saturated rings. The molecule has 45 heavy (non-hydrogen) atoms. The SMILES string of the molecule is CCOc1cc(C)c(-c2nc3ccccc3c(=O)n2N=Cc2cc(Br)c(OCc3cccc(C(=O)O)c3)c(Br)c2)cc1C(C)C. The van der Waals surface area contributed by atoms with Crippen molar-refractivity contribution in [2.75, 3.05) is 6.61 Å². The predicted octanol–water partition coefficient (Wildman–Crippen LogP) is 8.58. The van der Waals surface area contributed by atoms with Crippen molar-refractivity contribution in [3.05, 3.63) is 120 Å². The fourth-order valence-corrected chi connectivity index (χ4v) is 6.39. The number of aryl methyl sites for hydroxylation is 1. The highest BCUT2D eigenvalue weighted by atomic mass is 79.9. The Labute approximate surface area is 277 Å². The van der Waals surface area contributed by atoms with Crippen molar-refractivity contribution in [3.63, 3.8) is 0 Å². The molecular weight excluding hydrogens is 702 g/mol. The van der Waals surface area contributed by atoms with Crippen LogP contribution in [-0.4, -0.2) is 33.6 Å². The van der Waals surface area contributed by atoms with Crippen LogP contribution in [0, 0.1) is 6.92 Å². The molecule has 0 amide bonds. The van der Waals surface area contributed by atoms with Crippen LogP contribution in [0.15, 0.2) is 91.6 Å². The molecule has 0 unspecified atom stereocenters. The standard InChI is InChI=1S/C35H31Br2N3O5/c1-5-44-31-13-21(4)27(17-26(31)20(2)3)33-39-30-12-7-6-11-25(30)34(41)40(33)38-18-23-15-28(36)32(29(37)16-23)45-19-22-9-8-10-24(14-22)35(42)43/h6-18,20H,5,19H2,1-4H3,(H,42,43). The fourth-order valence-electron chi connectivity index (χ4n) is 4.94. The number of aromatic nitrogens is 2. The van der Waals surface area contributed by atoms with Crippen molar-refractivity contribution < 1.29 is 19.4 Å². The van der Waals surface area contributed by atoms with Gasteiger partial charge in [-0.1, -0.05) is 38.1 Å². The molecule has 5 rings (SSSR count). The number of ether oxygens (including phenoxy) is 2. The highest BCUT2D eigenvalue weighted by Gasteiger charge is 2.19. The van der Waals surface area contributed by atoms with E-state index in [4.69, 9.17) is 14.5 Å². The zero-order chi connectivity index (χ0) is 32.2. The third-order valence-corrected chi connectivity index (χ3v) is 8.35. The summed E-state index contributed by atoms with van der Waals surface area (Å²) in [5, 5.41) is 14.4. The minimum absolute atomic E-state index is 0.174. The number of rotatable bonds is 10. The lowest BCUT2D eigenvalue weighted by molar-refractivity contribution is 0.0696. The first-order chi connectivity index (χ1) is 21.6. The van der Waals surface area contributed by atoms with Gasteiger partial charge < -0.3 is 14.6 Å². The lowest BCUT2D eigenvalue weighted by atomic mass is 9.96. The summed E-state index contributed by atoms with van der Waals surface area (Å²) in [4.78, 5) is 30.1. The highest BCUT2D eigenvalue weighted by Crippen LogP contribution is 2.36. The van der Waals surface area contributed by atoms with Gasteiger partial charge in [0.1, 0.15) is 18.1 Å². The van der Waals surface area contributed by atoms with Crippen LogP contribution in [0.2, 0.25) is 0 Å². The van der Waals surface area contributed by atoms with Crippen LogP contribution in [0.5, 0.6) is 11.5 Å². The average molecular weight is 733 g/mol. The monoisotopic (exact) mass is 731 g/mol. The van der Waals surface area contributed by atoms with Crippen molar-refractivity contribution in [1.82, 2.24) is 9.66 Å². The highest BCUT2D eigenvalue weighted by molar-refractivity contribution is 9.11. The Morgan fingerprint density at radius 1 is 1.02 bits per heavy atom. The lowest BCUT2D eigenvalue weighted by Crippen LogP contribution is -2.21. The third-order valence-electron chi connectivity index (χ3n) is 7.17. The summed E-state index contributed by atoms with van der Waals surface area (Å²) >= 11 is 7.16. The van der Waals surface area contributed by atoms with Gasteiger partial charge in [0.25, 0.3) is 5.56 Å². The maximum absolute atomic E-state index is 13.8. The summed E-state index contributed by atoms with van der Waals surface area (Å²) < 4.78 is 14.6. The molecule has 0 aliphatic heterocycles. The van der Waals surface area contributed by atoms with Gasteiger partial charge in [-0.25, -0.2) is 9.78 Å². The summed E-state index contributed by atoms with van der Waals surface area (Å²) in [6.45, 7) is 8.86. The van der Waals surface area contributed by atoms with Crippen LogP contribution < -0.4 is 15.0 Å². The summed E-state index contributed by atoms with van der Waals surface area (Å²) in [6.07, 6.45) is 1.60. The molecule has 8 nitrogen and oxygen atoms in total.